The number of nitrogens with zero attached hydrogens (tertiary/aromatic N) is 2. The van der Waals surface area contributed by atoms with Crippen LogP contribution in [0.4, 0.5) is 4.39 Å². The first-order valence-electron chi connectivity index (χ1n) is 10.2. The van der Waals surface area contributed by atoms with Crippen molar-refractivity contribution in [3.05, 3.63) is 84.4 Å². The lowest BCUT2D eigenvalue weighted by Crippen LogP contribution is -2.36. The van der Waals surface area contributed by atoms with E-state index in [1.54, 1.807) is 35.4 Å². The molecule has 1 amide bonds. The predicted octanol–water partition coefficient (Wildman–Crippen LogP) is 4.58. The SMILES string of the molecule is C=CC=C(C=CC)c1coc([C@@H]2CCCN2C(=O)C[C@H](N)Cc2ccccc2F)n1. The first kappa shape index (κ1) is 21.7. The minimum atomic E-state index is -0.451. The van der Waals surface area contributed by atoms with Gasteiger partial charge < -0.3 is 15.1 Å². The molecule has 0 radical (unpaired) electrons. The van der Waals surface area contributed by atoms with Crippen LogP contribution in [0.2, 0.25) is 0 Å². The van der Waals surface area contributed by atoms with Crippen LogP contribution in [-0.4, -0.2) is 28.4 Å². The number of likely N-dealkylation sites (tertiary alicyclic amines) is 1. The zero-order valence-electron chi connectivity index (χ0n) is 17.3. The molecule has 0 unspecified atom stereocenters. The summed E-state index contributed by atoms with van der Waals surface area (Å²) in [6, 6.07) is 5.86. The second kappa shape index (κ2) is 10.2. The molecule has 5 nitrogen and oxygen atoms in total. The highest BCUT2D eigenvalue weighted by atomic mass is 19.1. The monoisotopic (exact) mass is 409 g/mol. The molecule has 0 spiro atoms. The number of oxazole rings is 1. The molecular weight excluding hydrogens is 381 g/mol. The molecular formula is C24H28FN3O2. The van der Waals surface area contributed by atoms with Crippen LogP contribution in [0.5, 0.6) is 0 Å². The van der Waals surface area contributed by atoms with Gasteiger partial charge in [0.1, 0.15) is 23.8 Å². The molecule has 2 aromatic rings. The molecule has 0 bridgehead atoms. The molecule has 1 aromatic heterocycles. The number of halogens is 1. The van der Waals surface area contributed by atoms with Crippen molar-refractivity contribution in [2.75, 3.05) is 6.54 Å². The molecule has 1 aliphatic heterocycles. The average Bonchev–Trinajstić information content (AvgIpc) is 3.39. The molecule has 1 saturated heterocycles. The van der Waals surface area contributed by atoms with Crippen molar-refractivity contribution in [3.8, 4) is 0 Å². The fraction of sp³-hybridized carbons (Fsp3) is 0.333. The largest absolute Gasteiger partial charge is 0.446 e. The molecule has 6 heteroatoms. The summed E-state index contributed by atoms with van der Waals surface area (Å²) in [5.74, 6) is 0.172. The maximum absolute atomic E-state index is 13.9. The number of carbonyl (C=O) groups is 1. The van der Waals surface area contributed by atoms with Crippen LogP contribution < -0.4 is 5.73 Å². The molecule has 30 heavy (non-hydrogen) atoms. The van der Waals surface area contributed by atoms with Crippen molar-refractivity contribution >= 4 is 11.5 Å². The van der Waals surface area contributed by atoms with Gasteiger partial charge in [0.05, 0.1) is 0 Å². The molecule has 2 atom stereocenters. The zero-order chi connectivity index (χ0) is 21.5. The van der Waals surface area contributed by atoms with Crippen LogP contribution in [0.25, 0.3) is 5.57 Å². The van der Waals surface area contributed by atoms with E-state index in [-0.39, 0.29) is 24.2 Å². The first-order chi connectivity index (χ1) is 14.5. The Morgan fingerprint density at radius 1 is 1.47 bits per heavy atom. The number of aromatic nitrogens is 1. The third kappa shape index (κ3) is 5.13. The maximum Gasteiger partial charge on any atom is 0.224 e. The van der Waals surface area contributed by atoms with E-state index in [2.05, 4.69) is 11.6 Å². The molecule has 1 fully saturated rings. The maximum atomic E-state index is 13.9. The van der Waals surface area contributed by atoms with Crippen molar-refractivity contribution in [1.82, 2.24) is 9.88 Å². The number of amides is 1. The second-order valence-corrected chi connectivity index (χ2v) is 7.43. The molecule has 158 valence electrons. The standard InChI is InChI=1S/C24H28FN3O2/c1-3-8-17(9-4-2)21-16-30-24(27-21)22-12-7-13-28(22)23(29)15-19(26)14-18-10-5-6-11-20(18)25/h3-6,8-11,16,19,22H,1,7,12-15,26H2,2H3/t19-,22+/m1/s1. The van der Waals surface area contributed by atoms with Crippen LogP contribution in [0, 0.1) is 5.82 Å². The van der Waals surface area contributed by atoms with Gasteiger partial charge in [-0.15, -0.1) is 0 Å². The van der Waals surface area contributed by atoms with Crippen LogP contribution in [0.15, 0.2) is 65.8 Å². The smallest absolute Gasteiger partial charge is 0.224 e. The van der Waals surface area contributed by atoms with Crippen LogP contribution in [0.3, 0.4) is 0 Å². The summed E-state index contributed by atoms with van der Waals surface area (Å²) in [4.78, 5) is 19.3. The summed E-state index contributed by atoms with van der Waals surface area (Å²) in [6.07, 6.45) is 11.2. The number of rotatable bonds is 8. The van der Waals surface area contributed by atoms with Gasteiger partial charge in [-0.25, -0.2) is 9.37 Å². The summed E-state index contributed by atoms with van der Waals surface area (Å²) in [6.45, 7) is 6.30. The molecule has 0 saturated carbocycles. The number of allylic oxidation sites excluding steroid dienone is 5. The van der Waals surface area contributed by atoms with E-state index in [9.17, 15) is 9.18 Å². The van der Waals surface area contributed by atoms with Gasteiger partial charge in [0.25, 0.3) is 0 Å². The van der Waals surface area contributed by atoms with Gasteiger partial charge in [-0.1, -0.05) is 49.1 Å². The summed E-state index contributed by atoms with van der Waals surface area (Å²) < 4.78 is 19.6. The van der Waals surface area contributed by atoms with Gasteiger partial charge in [0.2, 0.25) is 11.8 Å². The Hall–Kier alpha value is -2.99. The Morgan fingerprint density at radius 3 is 3.00 bits per heavy atom. The minimum Gasteiger partial charge on any atom is -0.446 e. The summed E-state index contributed by atoms with van der Waals surface area (Å²) in [5, 5.41) is 0. The number of carbonyl (C=O) groups excluding carboxylic acids is 1. The number of hydrogen-bond acceptors (Lipinski definition) is 4. The predicted molar refractivity (Wildman–Crippen MR) is 116 cm³/mol. The lowest BCUT2D eigenvalue weighted by molar-refractivity contribution is -0.132. The topological polar surface area (TPSA) is 72.4 Å². The summed E-state index contributed by atoms with van der Waals surface area (Å²) in [5.41, 5.74) is 8.29. The van der Waals surface area contributed by atoms with Crippen LogP contribution in [0.1, 0.15) is 49.4 Å². The van der Waals surface area contributed by atoms with Crippen molar-refractivity contribution in [2.45, 2.75) is 44.7 Å². The van der Waals surface area contributed by atoms with E-state index < -0.39 is 6.04 Å². The Balaban J connectivity index is 1.68. The molecule has 0 aliphatic carbocycles. The fourth-order valence-electron chi connectivity index (χ4n) is 3.79. The highest BCUT2D eigenvalue weighted by Gasteiger charge is 2.34. The minimum absolute atomic E-state index is 0.0589. The van der Waals surface area contributed by atoms with E-state index in [0.29, 0.717) is 30.1 Å². The molecule has 2 N–H and O–H groups in total. The van der Waals surface area contributed by atoms with Crippen LogP contribution in [-0.2, 0) is 11.2 Å². The van der Waals surface area contributed by atoms with Crippen molar-refractivity contribution in [3.63, 3.8) is 0 Å². The van der Waals surface area contributed by atoms with Crippen molar-refractivity contribution in [2.24, 2.45) is 5.73 Å². The van der Waals surface area contributed by atoms with E-state index in [4.69, 9.17) is 10.2 Å². The lowest BCUT2D eigenvalue weighted by atomic mass is 10.0. The van der Waals surface area contributed by atoms with E-state index in [1.165, 1.54) is 6.07 Å². The number of benzene rings is 1. The highest BCUT2D eigenvalue weighted by molar-refractivity contribution is 5.77. The normalized spacial score (nSPS) is 18.2. The first-order valence-corrected chi connectivity index (χ1v) is 10.2. The Morgan fingerprint density at radius 2 is 2.27 bits per heavy atom. The summed E-state index contributed by atoms with van der Waals surface area (Å²) >= 11 is 0. The zero-order valence-corrected chi connectivity index (χ0v) is 17.3. The van der Waals surface area contributed by atoms with Gasteiger partial charge in [-0.2, -0.15) is 0 Å². The van der Waals surface area contributed by atoms with Gasteiger partial charge in [-0.3, -0.25) is 4.79 Å². The van der Waals surface area contributed by atoms with Crippen LogP contribution >= 0.6 is 0 Å². The number of nitrogens with two attached hydrogens (primary N) is 1. The van der Waals surface area contributed by atoms with Gasteiger partial charge >= 0.3 is 0 Å². The molecule has 1 aromatic carbocycles. The Bertz CT molecular complexity index is 947. The molecule has 3 rings (SSSR count). The third-order valence-corrected chi connectivity index (χ3v) is 5.20. The number of hydrogen-bond donors (Lipinski definition) is 1. The van der Waals surface area contributed by atoms with E-state index in [1.807, 2.05) is 25.2 Å². The average molecular weight is 410 g/mol. The Labute approximate surface area is 176 Å². The molecule has 1 aliphatic rings. The van der Waals surface area contributed by atoms with E-state index >= 15 is 0 Å². The molecule has 2 heterocycles. The lowest BCUT2D eigenvalue weighted by Gasteiger charge is -2.24. The second-order valence-electron chi connectivity index (χ2n) is 7.43. The van der Waals surface area contributed by atoms with Crippen molar-refractivity contribution < 1.29 is 13.6 Å². The Kier molecular flexibility index (Phi) is 7.36. The van der Waals surface area contributed by atoms with Gasteiger partial charge in [-0.05, 0) is 37.8 Å². The summed E-state index contributed by atoms with van der Waals surface area (Å²) in [7, 11) is 0. The van der Waals surface area contributed by atoms with E-state index in [0.717, 1.165) is 18.4 Å². The van der Waals surface area contributed by atoms with Gasteiger partial charge in [0, 0.05) is 24.6 Å². The quantitative estimate of drug-likeness (QED) is 0.648. The third-order valence-electron chi connectivity index (χ3n) is 5.20. The fourth-order valence-corrected chi connectivity index (χ4v) is 3.79. The van der Waals surface area contributed by atoms with Crippen molar-refractivity contribution in [1.29, 1.82) is 0 Å². The highest BCUT2D eigenvalue weighted by Crippen LogP contribution is 2.33. The van der Waals surface area contributed by atoms with Gasteiger partial charge in [0.15, 0.2) is 0 Å².